The van der Waals surface area contributed by atoms with Crippen LogP contribution in [0.2, 0.25) is 0 Å². The molecular weight excluding hydrogens is 319 g/mol. The summed E-state index contributed by atoms with van der Waals surface area (Å²) < 4.78 is 1.22. The molecule has 0 amide bonds. The van der Waals surface area contributed by atoms with Gasteiger partial charge in [0.1, 0.15) is 0 Å². The molecule has 0 N–H and O–H groups in total. The van der Waals surface area contributed by atoms with E-state index in [9.17, 15) is 0 Å². The monoisotopic (exact) mass is 344 g/mol. The van der Waals surface area contributed by atoms with Gasteiger partial charge in [0, 0.05) is 4.43 Å². The molecule has 0 heterocycles. The van der Waals surface area contributed by atoms with E-state index >= 15 is 0 Å². The van der Waals surface area contributed by atoms with Crippen molar-refractivity contribution in [1.82, 2.24) is 0 Å². The SMILES string of the molecule is CCCCCCCCc1cccc(CCI)c1. The van der Waals surface area contributed by atoms with Gasteiger partial charge < -0.3 is 0 Å². The quantitative estimate of drug-likeness (QED) is 0.312. The van der Waals surface area contributed by atoms with Crippen LogP contribution in [0.1, 0.15) is 56.6 Å². The van der Waals surface area contributed by atoms with Crippen LogP contribution in [0.4, 0.5) is 0 Å². The topological polar surface area (TPSA) is 0 Å². The highest BCUT2D eigenvalue weighted by molar-refractivity contribution is 14.1. The minimum atomic E-state index is 1.21. The Morgan fingerprint density at radius 3 is 2.24 bits per heavy atom. The van der Waals surface area contributed by atoms with E-state index in [1.54, 1.807) is 0 Å². The highest BCUT2D eigenvalue weighted by Crippen LogP contribution is 2.12. The lowest BCUT2D eigenvalue weighted by Gasteiger charge is -2.04. The zero-order chi connectivity index (χ0) is 12.3. The van der Waals surface area contributed by atoms with Crippen molar-refractivity contribution in [3.8, 4) is 0 Å². The van der Waals surface area contributed by atoms with E-state index in [4.69, 9.17) is 0 Å². The van der Waals surface area contributed by atoms with E-state index in [0.29, 0.717) is 0 Å². The van der Waals surface area contributed by atoms with Gasteiger partial charge in [-0.1, -0.05) is 85.9 Å². The van der Waals surface area contributed by atoms with Crippen molar-refractivity contribution < 1.29 is 0 Å². The van der Waals surface area contributed by atoms with Gasteiger partial charge in [-0.3, -0.25) is 0 Å². The van der Waals surface area contributed by atoms with Gasteiger partial charge in [-0.05, 0) is 30.4 Å². The third kappa shape index (κ3) is 7.07. The summed E-state index contributed by atoms with van der Waals surface area (Å²) in [6.07, 6.45) is 10.8. The van der Waals surface area contributed by atoms with Crippen molar-refractivity contribution in [3.05, 3.63) is 35.4 Å². The number of halogens is 1. The molecule has 0 unspecified atom stereocenters. The number of benzene rings is 1. The van der Waals surface area contributed by atoms with Crippen LogP contribution in [0.3, 0.4) is 0 Å². The van der Waals surface area contributed by atoms with Crippen molar-refractivity contribution in [2.24, 2.45) is 0 Å². The van der Waals surface area contributed by atoms with E-state index in [1.807, 2.05) is 0 Å². The van der Waals surface area contributed by atoms with Gasteiger partial charge in [0.25, 0.3) is 0 Å². The van der Waals surface area contributed by atoms with Gasteiger partial charge in [0.15, 0.2) is 0 Å². The normalized spacial score (nSPS) is 10.7. The number of rotatable bonds is 9. The smallest absolute Gasteiger partial charge is 0.00358 e. The van der Waals surface area contributed by atoms with Crippen LogP contribution < -0.4 is 0 Å². The fourth-order valence-electron chi connectivity index (χ4n) is 2.16. The minimum Gasteiger partial charge on any atom is -0.0860 e. The Kier molecular flexibility index (Phi) is 8.76. The van der Waals surface area contributed by atoms with Gasteiger partial charge >= 0.3 is 0 Å². The van der Waals surface area contributed by atoms with E-state index < -0.39 is 0 Å². The Morgan fingerprint density at radius 1 is 0.882 bits per heavy atom. The van der Waals surface area contributed by atoms with Crippen molar-refractivity contribution in [2.45, 2.75) is 58.3 Å². The second-order valence-corrected chi connectivity index (χ2v) is 5.86. The first-order valence-electron chi connectivity index (χ1n) is 7.00. The molecule has 1 rings (SSSR count). The first kappa shape index (κ1) is 15.0. The maximum atomic E-state index is 2.45. The molecule has 0 saturated carbocycles. The summed E-state index contributed by atoms with van der Waals surface area (Å²) in [6.45, 7) is 2.28. The van der Waals surface area contributed by atoms with Crippen LogP contribution in [0.5, 0.6) is 0 Å². The highest BCUT2D eigenvalue weighted by Gasteiger charge is 1.96. The molecular formula is C16H25I. The van der Waals surface area contributed by atoms with Crippen molar-refractivity contribution in [1.29, 1.82) is 0 Å². The lowest BCUT2D eigenvalue weighted by molar-refractivity contribution is 0.607. The first-order valence-corrected chi connectivity index (χ1v) is 8.53. The summed E-state index contributed by atoms with van der Waals surface area (Å²) in [5.74, 6) is 0. The molecule has 1 aromatic rings. The van der Waals surface area contributed by atoms with Crippen LogP contribution in [0.25, 0.3) is 0 Å². The Labute approximate surface area is 120 Å². The zero-order valence-corrected chi connectivity index (χ0v) is 13.2. The summed E-state index contributed by atoms with van der Waals surface area (Å²) in [4.78, 5) is 0. The maximum absolute atomic E-state index is 2.45. The Hall–Kier alpha value is -0.0500. The van der Waals surface area contributed by atoms with Gasteiger partial charge in [0.05, 0.1) is 0 Å². The standard InChI is InChI=1S/C16H25I/c1-2-3-4-5-6-7-9-15-10-8-11-16(14-15)12-13-17/h8,10-11,14H,2-7,9,12-13H2,1H3. The lowest BCUT2D eigenvalue weighted by atomic mass is 10.0. The number of aryl methyl sites for hydroxylation is 2. The van der Waals surface area contributed by atoms with E-state index in [0.717, 1.165) is 0 Å². The van der Waals surface area contributed by atoms with Gasteiger partial charge in [-0.25, -0.2) is 0 Å². The average Bonchev–Trinajstić information content (AvgIpc) is 2.35. The molecule has 0 saturated heterocycles. The van der Waals surface area contributed by atoms with Crippen molar-refractivity contribution in [2.75, 3.05) is 4.43 Å². The van der Waals surface area contributed by atoms with E-state index in [-0.39, 0.29) is 0 Å². The van der Waals surface area contributed by atoms with E-state index in [2.05, 4.69) is 53.8 Å². The summed E-state index contributed by atoms with van der Waals surface area (Å²) in [5.41, 5.74) is 3.03. The van der Waals surface area contributed by atoms with Gasteiger partial charge in [-0.2, -0.15) is 0 Å². The van der Waals surface area contributed by atoms with Crippen LogP contribution in [0, 0.1) is 0 Å². The van der Waals surface area contributed by atoms with Crippen molar-refractivity contribution in [3.63, 3.8) is 0 Å². The minimum absolute atomic E-state index is 1.21. The molecule has 0 aliphatic carbocycles. The first-order chi connectivity index (χ1) is 8.36. The molecule has 1 heteroatoms. The fourth-order valence-corrected chi connectivity index (χ4v) is 2.78. The molecule has 17 heavy (non-hydrogen) atoms. The molecule has 1 aromatic carbocycles. The molecule has 0 aromatic heterocycles. The number of hydrogen-bond acceptors (Lipinski definition) is 0. The Morgan fingerprint density at radius 2 is 1.53 bits per heavy atom. The maximum Gasteiger partial charge on any atom is 0.00358 e. The zero-order valence-electron chi connectivity index (χ0n) is 11.1. The third-order valence-electron chi connectivity index (χ3n) is 3.19. The summed E-state index contributed by atoms with van der Waals surface area (Å²) >= 11 is 2.45. The second kappa shape index (κ2) is 9.93. The summed E-state index contributed by atoms with van der Waals surface area (Å²) in [5, 5.41) is 0. The molecule has 0 nitrogen and oxygen atoms in total. The molecule has 0 radical (unpaired) electrons. The largest absolute Gasteiger partial charge is 0.0860 e. The number of unbranched alkanes of at least 4 members (excludes halogenated alkanes) is 5. The fraction of sp³-hybridized carbons (Fsp3) is 0.625. The average molecular weight is 344 g/mol. The molecule has 0 aliphatic heterocycles. The Bertz CT molecular complexity index is 293. The molecule has 0 atom stereocenters. The molecule has 96 valence electrons. The van der Waals surface area contributed by atoms with Crippen molar-refractivity contribution >= 4 is 22.6 Å². The van der Waals surface area contributed by atoms with Crippen LogP contribution in [-0.2, 0) is 12.8 Å². The molecule has 0 bridgehead atoms. The Balaban J connectivity index is 2.19. The summed E-state index contributed by atoms with van der Waals surface area (Å²) in [6, 6.07) is 9.14. The van der Waals surface area contributed by atoms with Gasteiger partial charge in [0.2, 0.25) is 0 Å². The van der Waals surface area contributed by atoms with E-state index in [1.165, 1.54) is 66.9 Å². The second-order valence-electron chi connectivity index (χ2n) is 4.78. The van der Waals surface area contributed by atoms with Gasteiger partial charge in [-0.15, -0.1) is 0 Å². The molecule has 0 spiro atoms. The van der Waals surface area contributed by atoms with Crippen LogP contribution in [-0.4, -0.2) is 4.43 Å². The molecule has 0 aliphatic rings. The predicted molar refractivity (Wildman–Crippen MR) is 86.1 cm³/mol. The molecule has 0 fully saturated rings. The number of hydrogen-bond donors (Lipinski definition) is 0. The highest BCUT2D eigenvalue weighted by atomic mass is 127. The van der Waals surface area contributed by atoms with Crippen LogP contribution in [0.15, 0.2) is 24.3 Å². The summed E-state index contributed by atoms with van der Waals surface area (Å²) in [7, 11) is 0. The number of alkyl halides is 1. The lowest BCUT2D eigenvalue weighted by Crippen LogP contribution is -1.90. The third-order valence-corrected chi connectivity index (χ3v) is 3.73. The van der Waals surface area contributed by atoms with Crippen LogP contribution >= 0.6 is 22.6 Å². The predicted octanol–water partition coefficient (Wildman–Crippen LogP) is 5.57.